The lowest BCUT2D eigenvalue weighted by molar-refractivity contribution is 0.0453. The summed E-state index contributed by atoms with van der Waals surface area (Å²) in [4.78, 5) is 14.2. The van der Waals surface area contributed by atoms with Gasteiger partial charge in [0.1, 0.15) is 5.76 Å². The van der Waals surface area contributed by atoms with Crippen LogP contribution >= 0.6 is 23.2 Å². The van der Waals surface area contributed by atoms with E-state index in [1.807, 2.05) is 109 Å². The van der Waals surface area contributed by atoms with Crippen molar-refractivity contribution in [1.82, 2.24) is 0 Å². The Labute approximate surface area is 214 Å². The summed E-state index contributed by atoms with van der Waals surface area (Å²) in [7, 11) is 0. The predicted octanol–water partition coefficient (Wildman–Crippen LogP) is 8.34. The summed E-state index contributed by atoms with van der Waals surface area (Å²) in [6, 6.07) is 35.0. The second kappa shape index (κ2) is 8.41. The number of rotatable bonds is 5. The molecule has 0 aromatic heterocycles. The topological polar surface area (TPSA) is 26.3 Å². The summed E-state index contributed by atoms with van der Waals surface area (Å²) >= 11 is 12.6. The predicted molar refractivity (Wildman–Crippen MR) is 141 cm³/mol. The molecule has 4 aromatic rings. The van der Waals surface area contributed by atoms with E-state index in [0.717, 1.165) is 35.1 Å². The van der Waals surface area contributed by atoms with Crippen LogP contribution < -0.4 is 0 Å². The number of Topliss-reactive ketones (excluding diaryl/α,β-unsaturated/α-hetero) is 1. The van der Waals surface area contributed by atoms with Crippen molar-refractivity contribution in [1.29, 1.82) is 0 Å². The lowest BCUT2D eigenvalue weighted by Gasteiger charge is -2.37. The molecule has 1 aliphatic heterocycles. The minimum atomic E-state index is -0.882. The molecule has 0 N–H and O–H groups in total. The largest absolute Gasteiger partial charge is 0.476 e. The summed E-state index contributed by atoms with van der Waals surface area (Å²) < 4.78 is 7.09. The van der Waals surface area contributed by atoms with Crippen LogP contribution in [0.5, 0.6) is 0 Å². The molecule has 2 nitrogen and oxygen atoms in total. The van der Waals surface area contributed by atoms with Crippen LogP contribution in [0.3, 0.4) is 0 Å². The molecule has 0 saturated heterocycles. The van der Waals surface area contributed by atoms with Gasteiger partial charge in [0.15, 0.2) is 11.4 Å². The van der Waals surface area contributed by atoms with Gasteiger partial charge < -0.3 is 4.74 Å². The molecule has 0 radical (unpaired) electrons. The molecule has 2 aliphatic rings. The lowest BCUT2D eigenvalue weighted by Crippen LogP contribution is -2.38. The van der Waals surface area contributed by atoms with Crippen LogP contribution in [0.4, 0.5) is 0 Å². The molecule has 4 heteroatoms. The molecule has 0 atom stereocenters. The fourth-order valence-corrected chi connectivity index (χ4v) is 5.73. The van der Waals surface area contributed by atoms with E-state index in [1.165, 1.54) is 0 Å². The number of hydrogen-bond donors (Lipinski definition) is 0. The molecule has 1 aliphatic carbocycles. The molecular weight excluding hydrogens is 475 g/mol. The van der Waals surface area contributed by atoms with E-state index < -0.39 is 11.0 Å². The molecule has 35 heavy (non-hydrogen) atoms. The van der Waals surface area contributed by atoms with Crippen molar-refractivity contribution in [3.63, 3.8) is 0 Å². The zero-order valence-electron chi connectivity index (χ0n) is 18.9. The van der Waals surface area contributed by atoms with Gasteiger partial charge in [-0.3, -0.25) is 4.79 Å². The van der Waals surface area contributed by atoms with E-state index in [2.05, 4.69) is 0 Å². The highest BCUT2D eigenvalue weighted by molar-refractivity contribution is 6.30. The molecule has 1 heterocycles. The zero-order valence-corrected chi connectivity index (χ0v) is 20.4. The third-order valence-corrected chi connectivity index (χ3v) is 7.69. The second-order valence-corrected chi connectivity index (χ2v) is 10.0. The van der Waals surface area contributed by atoms with Crippen molar-refractivity contribution in [3.05, 3.63) is 147 Å². The maximum atomic E-state index is 14.2. The van der Waals surface area contributed by atoms with Gasteiger partial charge in [-0.25, -0.2) is 0 Å². The molecule has 0 bridgehead atoms. The highest BCUT2D eigenvalue weighted by Crippen LogP contribution is 2.72. The van der Waals surface area contributed by atoms with E-state index in [9.17, 15) is 4.79 Å². The maximum Gasteiger partial charge on any atom is 0.193 e. The SMILES string of the molecule is O=C(C1=C(c2ccccc2)OC(c2ccc(Cl)cc2)(c2ccc(Cl)cc2)C12CC2)c1ccccc1. The lowest BCUT2D eigenvalue weighted by atomic mass is 9.70. The Morgan fingerprint density at radius 2 is 1.14 bits per heavy atom. The van der Waals surface area contributed by atoms with E-state index >= 15 is 0 Å². The summed E-state index contributed by atoms with van der Waals surface area (Å²) in [5, 5.41) is 1.30. The number of carbonyl (C=O) groups excluding carboxylic acids is 1. The minimum absolute atomic E-state index is 0.00625. The van der Waals surface area contributed by atoms with Gasteiger partial charge in [0, 0.05) is 32.3 Å². The van der Waals surface area contributed by atoms with Crippen molar-refractivity contribution in [2.24, 2.45) is 5.41 Å². The summed E-state index contributed by atoms with van der Waals surface area (Å²) in [5.41, 5.74) is 2.83. The summed E-state index contributed by atoms with van der Waals surface area (Å²) in [6.07, 6.45) is 1.67. The van der Waals surface area contributed by atoms with Crippen LogP contribution in [0.15, 0.2) is 115 Å². The van der Waals surface area contributed by atoms with E-state index in [-0.39, 0.29) is 5.78 Å². The Balaban J connectivity index is 1.63. The summed E-state index contributed by atoms with van der Waals surface area (Å²) in [5.74, 6) is 0.647. The number of ketones is 1. The van der Waals surface area contributed by atoms with Gasteiger partial charge in [0.25, 0.3) is 0 Å². The number of halogens is 2. The quantitative estimate of drug-likeness (QED) is 0.259. The van der Waals surface area contributed by atoms with Gasteiger partial charge in [0.05, 0.1) is 11.0 Å². The first-order valence-corrected chi connectivity index (χ1v) is 12.4. The monoisotopic (exact) mass is 496 g/mol. The number of hydrogen-bond acceptors (Lipinski definition) is 2. The third-order valence-electron chi connectivity index (χ3n) is 7.19. The Bertz CT molecular complexity index is 1370. The van der Waals surface area contributed by atoms with Crippen LogP contribution in [0.2, 0.25) is 10.0 Å². The number of carbonyl (C=O) groups is 1. The molecule has 6 rings (SSSR count). The molecule has 1 spiro atoms. The average molecular weight is 497 g/mol. The molecule has 1 saturated carbocycles. The van der Waals surface area contributed by atoms with Gasteiger partial charge in [-0.1, -0.05) is 108 Å². The van der Waals surface area contributed by atoms with Crippen LogP contribution in [0.25, 0.3) is 5.76 Å². The van der Waals surface area contributed by atoms with Crippen LogP contribution in [-0.2, 0) is 10.3 Å². The number of benzene rings is 4. The van der Waals surface area contributed by atoms with Crippen molar-refractivity contribution >= 4 is 34.7 Å². The van der Waals surface area contributed by atoms with Crippen molar-refractivity contribution < 1.29 is 9.53 Å². The van der Waals surface area contributed by atoms with E-state index in [0.29, 0.717) is 21.4 Å². The smallest absolute Gasteiger partial charge is 0.193 e. The Kier molecular flexibility index (Phi) is 5.32. The molecule has 0 amide bonds. The van der Waals surface area contributed by atoms with Crippen LogP contribution in [0, 0.1) is 5.41 Å². The molecule has 0 unspecified atom stereocenters. The van der Waals surface area contributed by atoms with E-state index in [1.54, 1.807) is 0 Å². The fraction of sp³-hybridized carbons (Fsp3) is 0.129. The van der Waals surface area contributed by atoms with Gasteiger partial charge in [-0.15, -0.1) is 0 Å². The van der Waals surface area contributed by atoms with Gasteiger partial charge >= 0.3 is 0 Å². The third kappa shape index (κ3) is 3.43. The van der Waals surface area contributed by atoms with Crippen LogP contribution in [0.1, 0.15) is 39.9 Å². The van der Waals surface area contributed by atoms with Gasteiger partial charge in [-0.05, 0) is 37.1 Å². The summed E-state index contributed by atoms with van der Waals surface area (Å²) in [6.45, 7) is 0. The van der Waals surface area contributed by atoms with Crippen molar-refractivity contribution in [2.75, 3.05) is 0 Å². The zero-order chi connectivity index (χ0) is 24.0. The van der Waals surface area contributed by atoms with Crippen LogP contribution in [-0.4, -0.2) is 5.78 Å². The van der Waals surface area contributed by atoms with Crippen molar-refractivity contribution in [3.8, 4) is 0 Å². The van der Waals surface area contributed by atoms with Gasteiger partial charge in [-0.2, -0.15) is 0 Å². The standard InChI is InChI=1S/C31H22Cl2O2/c32-25-15-11-23(12-16-25)31(24-13-17-26(33)18-14-24)30(19-20-30)27(28(34)21-7-3-1-4-8-21)29(35-31)22-9-5-2-6-10-22/h1-18H,19-20H2. The molecule has 1 fully saturated rings. The van der Waals surface area contributed by atoms with Gasteiger partial charge in [0.2, 0.25) is 0 Å². The Hall–Kier alpha value is -3.33. The molecule has 172 valence electrons. The normalized spacial score (nSPS) is 17.3. The first kappa shape index (κ1) is 22.2. The highest BCUT2D eigenvalue weighted by Gasteiger charge is 2.71. The first-order valence-electron chi connectivity index (χ1n) is 11.7. The Morgan fingerprint density at radius 1 is 0.657 bits per heavy atom. The number of ether oxygens (including phenoxy) is 1. The van der Waals surface area contributed by atoms with Crippen molar-refractivity contribution in [2.45, 2.75) is 18.4 Å². The van der Waals surface area contributed by atoms with E-state index in [4.69, 9.17) is 27.9 Å². The fourth-order valence-electron chi connectivity index (χ4n) is 5.48. The molecule has 4 aromatic carbocycles. The highest BCUT2D eigenvalue weighted by atomic mass is 35.5. The first-order chi connectivity index (χ1) is 17.0. The second-order valence-electron chi connectivity index (χ2n) is 9.14. The minimum Gasteiger partial charge on any atom is -0.476 e. The maximum absolute atomic E-state index is 14.2. The molecular formula is C31H22Cl2O2. The average Bonchev–Trinajstić information content (AvgIpc) is 3.64. The Morgan fingerprint density at radius 3 is 1.63 bits per heavy atom.